The van der Waals surface area contributed by atoms with E-state index >= 15 is 0 Å². The number of fused-ring (bicyclic) bond motifs is 1. The van der Waals surface area contributed by atoms with Crippen molar-refractivity contribution in [2.45, 2.75) is 24.3 Å². The number of carbonyl (C=O) groups is 1. The van der Waals surface area contributed by atoms with E-state index in [2.05, 4.69) is 19.9 Å². The van der Waals surface area contributed by atoms with Crippen molar-refractivity contribution in [3.8, 4) is 23.0 Å². The van der Waals surface area contributed by atoms with E-state index in [1.165, 1.54) is 12.1 Å². The Labute approximate surface area is 190 Å². The van der Waals surface area contributed by atoms with Gasteiger partial charge in [-0.3, -0.25) is 9.78 Å². The maximum Gasteiger partial charge on any atom is 0.222 e. The van der Waals surface area contributed by atoms with Crippen molar-refractivity contribution in [2.75, 3.05) is 12.8 Å². The first-order valence-corrected chi connectivity index (χ1v) is 12.3. The predicted octanol–water partition coefficient (Wildman–Crippen LogP) is 3.34. The Kier molecular flexibility index (Phi) is 5.29. The summed E-state index contributed by atoms with van der Waals surface area (Å²) in [5.74, 6) is 1.73. The second-order valence-electron chi connectivity index (χ2n) is 7.92. The van der Waals surface area contributed by atoms with E-state index in [0.29, 0.717) is 48.0 Å². The van der Waals surface area contributed by atoms with E-state index in [-0.39, 0.29) is 10.8 Å². The van der Waals surface area contributed by atoms with Gasteiger partial charge in [0.05, 0.1) is 22.1 Å². The molecule has 0 bridgehead atoms. The smallest absolute Gasteiger partial charge is 0.222 e. The van der Waals surface area contributed by atoms with Crippen LogP contribution in [0.2, 0.25) is 0 Å². The lowest BCUT2D eigenvalue weighted by Crippen LogP contribution is -2.24. The van der Waals surface area contributed by atoms with Crippen molar-refractivity contribution < 1.29 is 17.9 Å². The highest BCUT2D eigenvalue weighted by molar-refractivity contribution is 7.90. The monoisotopic (exact) mass is 463 g/mol. The number of sulfone groups is 1. The van der Waals surface area contributed by atoms with Gasteiger partial charge >= 0.3 is 0 Å². The number of imidazole rings is 1. The molecule has 4 aromatic rings. The lowest BCUT2D eigenvalue weighted by molar-refractivity contribution is -0.128. The number of likely N-dealkylation sites (tertiary alicyclic amines) is 1. The van der Waals surface area contributed by atoms with Gasteiger partial charge in [0.15, 0.2) is 15.7 Å². The van der Waals surface area contributed by atoms with Crippen molar-refractivity contribution in [1.82, 2.24) is 24.8 Å². The van der Waals surface area contributed by atoms with E-state index in [1.54, 1.807) is 35.6 Å². The largest absolute Gasteiger partial charge is 0.457 e. The van der Waals surface area contributed by atoms with Crippen LogP contribution in [0.25, 0.3) is 22.6 Å². The van der Waals surface area contributed by atoms with Gasteiger partial charge in [-0.05, 0) is 36.8 Å². The van der Waals surface area contributed by atoms with Gasteiger partial charge in [0.25, 0.3) is 0 Å². The number of amides is 1. The third kappa shape index (κ3) is 4.42. The summed E-state index contributed by atoms with van der Waals surface area (Å²) in [5.41, 5.74) is 2.90. The van der Waals surface area contributed by atoms with Crippen molar-refractivity contribution in [3.63, 3.8) is 0 Å². The number of hydrogen-bond donors (Lipinski definition) is 1. The van der Waals surface area contributed by atoms with Gasteiger partial charge in [0.1, 0.15) is 17.2 Å². The molecular formula is C23H21N5O4S. The highest BCUT2D eigenvalue weighted by Crippen LogP contribution is 2.32. The number of nitrogens with zero attached hydrogens (tertiary/aromatic N) is 4. The van der Waals surface area contributed by atoms with Crippen LogP contribution in [0.4, 0.5) is 0 Å². The molecule has 1 N–H and O–H groups in total. The normalized spacial score (nSPS) is 14.2. The number of carbonyl (C=O) groups excluding carboxylic acids is 1. The van der Waals surface area contributed by atoms with Crippen LogP contribution in [0.5, 0.6) is 11.5 Å². The minimum Gasteiger partial charge on any atom is -0.457 e. The molecule has 33 heavy (non-hydrogen) atoms. The number of benzene rings is 2. The molecule has 0 atom stereocenters. The predicted molar refractivity (Wildman–Crippen MR) is 121 cm³/mol. The maximum absolute atomic E-state index is 12.2. The van der Waals surface area contributed by atoms with Gasteiger partial charge in [0, 0.05) is 49.8 Å². The van der Waals surface area contributed by atoms with E-state index in [4.69, 9.17) is 4.74 Å². The molecule has 1 aliphatic rings. The number of aromatic amines is 1. The Morgan fingerprint density at radius 1 is 1.15 bits per heavy atom. The molecule has 0 radical (unpaired) electrons. The van der Waals surface area contributed by atoms with Crippen molar-refractivity contribution >= 4 is 26.8 Å². The van der Waals surface area contributed by atoms with E-state index in [9.17, 15) is 13.2 Å². The first-order chi connectivity index (χ1) is 15.9. The van der Waals surface area contributed by atoms with Crippen LogP contribution < -0.4 is 4.74 Å². The van der Waals surface area contributed by atoms with Gasteiger partial charge in [-0.2, -0.15) is 0 Å². The summed E-state index contributed by atoms with van der Waals surface area (Å²) in [7, 11) is -3.30. The third-order valence-electron chi connectivity index (χ3n) is 5.48. The molecule has 5 rings (SSSR count). The number of aromatic nitrogens is 4. The van der Waals surface area contributed by atoms with Gasteiger partial charge in [-0.1, -0.05) is 0 Å². The van der Waals surface area contributed by atoms with Crippen molar-refractivity contribution in [1.29, 1.82) is 0 Å². The zero-order chi connectivity index (χ0) is 23.0. The summed E-state index contributed by atoms with van der Waals surface area (Å²) in [6, 6.07) is 9.98. The van der Waals surface area contributed by atoms with Gasteiger partial charge in [-0.25, -0.2) is 18.4 Å². The second kappa shape index (κ2) is 8.28. The van der Waals surface area contributed by atoms with Crippen molar-refractivity contribution in [2.24, 2.45) is 0 Å². The highest BCUT2D eigenvalue weighted by Gasteiger charge is 2.22. The Bertz CT molecular complexity index is 1430. The SMILES string of the molecule is CS(=O)(=O)c1ccc(Oc2cc3nc(-c4cnccn4)[nH]c3cc2CN2CCCC2=O)cc1. The van der Waals surface area contributed by atoms with Crippen LogP contribution >= 0.6 is 0 Å². The summed E-state index contributed by atoms with van der Waals surface area (Å²) >= 11 is 0. The molecule has 10 heteroatoms. The molecule has 1 fully saturated rings. The first kappa shape index (κ1) is 21.1. The average molecular weight is 464 g/mol. The van der Waals surface area contributed by atoms with Gasteiger partial charge < -0.3 is 14.6 Å². The molecule has 0 spiro atoms. The topological polar surface area (TPSA) is 118 Å². The number of ether oxygens (including phenoxy) is 1. The molecule has 9 nitrogen and oxygen atoms in total. The molecule has 1 amide bonds. The minimum atomic E-state index is -3.30. The fourth-order valence-corrected chi connectivity index (χ4v) is 4.43. The molecule has 2 aromatic carbocycles. The number of H-pyrrole nitrogens is 1. The second-order valence-corrected chi connectivity index (χ2v) is 9.93. The standard InChI is InChI=1S/C23H21N5O4S/c1-33(30,31)17-6-4-16(5-7-17)32-21-12-19-18(11-15(21)14-28-10-2-3-22(28)29)26-23(27-19)20-13-24-8-9-25-20/h4-9,11-13H,2-3,10,14H2,1H3,(H,26,27). The third-order valence-corrected chi connectivity index (χ3v) is 6.61. The Morgan fingerprint density at radius 3 is 2.64 bits per heavy atom. The molecule has 0 aliphatic carbocycles. The summed E-state index contributed by atoms with van der Waals surface area (Å²) < 4.78 is 29.6. The fraction of sp³-hybridized carbons (Fsp3) is 0.217. The number of hydrogen-bond acceptors (Lipinski definition) is 7. The quantitative estimate of drug-likeness (QED) is 0.466. The van der Waals surface area contributed by atoms with Crippen LogP contribution in [0.3, 0.4) is 0 Å². The lowest BCUT2D eigenvalue weighted by atomic mass is 10.1. The van der Waals surface area contributed by atoms with Crippen LogP contribution in [0, 0.1) is 0 Å². The Hall–Kier alpha value is -3.79. The summed E-state index contributed by atoms with van der Waals surface area (Å²) in [4.78, 5) is 30.5. The fourth-order valence-electron chi connectivity index (χ4n) is 3.80. The Balaban J connectivity index is 1.54. The minimum absolute atomic E-state index is 0.114. The zero-order valence-corrected chi connectivity index (χ0v) is 18.7. The summed E-state index contributed by atoms with van der Waals surface area (Å²) in [5, 5.41) is 0. The van der Waals surface area contributed by atoms with E-state index in [0.717, 1.165) is 23.8 Å². The van der Waals surface area contributed by atoms with Crippen LogP contribution in [0.1, 0.15) is 18.4 Å². The average Bonchev–Trinajstić information content (AvgIpc) is 3.40. The molecule has 3 heterocycles. The van der Waals surface area contributed by atoms with E-state index < -0.39 is 9.84 Å². The van der Waals surface area contributed by atoms with Crippen LogP contribution in [-0.4, -0.2) is 52.0 Å². The van der Waals surface area contributed by atoms with Crippen molar-refractivity contribution in [3.05, 3.63) is 60.6 Å². The molecule has 168 valence electrons. The number of nitrogens with one attached hydrogen (secondary N) is 1. The number of rotatable bonds is 6. The molecule has 1 saturated heterocycles. The van der Waals surface area contributed by atoms with Crippen LogP contribution in [0.15, 0.2) is 59.9 Å². The summed E-state index contributed by atoms with van der Waals surface area (Å²) in [6.07, 6.45) is 7.37. The van der Waals surface area contributed by atoms with Crippen LogP contribution in [-0.2, 0) is 21.2 Å². The first-order valence-electron chi connectivity index (χ1n) is 10.4. The zero-order valence-electron chi connectivity index (χ0n) is 17.9. The molecule has 0 saturated carbocycles. The Morgan fingerprint density at radius 2 is 1.97 bits per heavy atom. The molecule has 1 aliphatic heterocycles. The molecular weight excluding hydrogens is 442 g/mol. The highest BCUT2D eigenvalue weighted by atomic mass is 32.2. The van der Waals surface area contributed by atoms with E-state index in [1.807, 2.05) is 12.1 Å². The van der Waals surface area contributed by atoms with Gasteiger partial charge in [0.2, 0.25) is 5.91 Å². The maximum atomic E-state index is 12.2. The molecule has 0 unspecified atom stereocenters. The van der Waals surface area contributed by atoms with Gasteiger partial charge in [-0.15, -0.1) is 0 Å². The lowest BCUT2D eigenvalue weighted by Gasteiger charge is -2.18. The summed E-state index contributed by atoms with van der Waals surface area (Å²) in [6.45, 7) is 1.11. The molecule has 2 aromatic heterocycles.